The van der Waals surface area contributed by atoms with Crippen LogP contribution in [0.25, 0.3) is 0 Å². The number of thioether (sulfide) groups is 1. The molecule has 1 N–H and O–H groups in total. The van der Waals surface area contributed by atoms with Crippen molar-refractivity contribution in [2.45, 2.75) is 38.5 Å². The van der Waals surface area contributed by atoms with Gasteiger partial charge in [-0.15, -0.1) is 0 Å². The second-order valence-corrected chi connectivity index (χ2v) is 8.30. The van der Waals surface area contributed by atoms with Crippen LogP contribution in [0.5, 0.6) is 0 Å². The van der Waals surface area contributed by atoms with E-state index in [0.29, 0.717) is 10.8 Å². The number of H-pyrrole nitrogens is 1. The standard InChI is InChI=1S/C15H28N4S/c1-5-19-9-8-18(10-11-20-15(2,3)4)12-13(19)14-16-6-7-17-14/h6-7,13H,5,8-12H2,1-4H3,(H,16,17). The molecule has 1 aromatic heterocycles. The van der Waals surface area contributed by atoms with Crippen LogP contribution >= 0.6 is 11.8 Å². The van der Waals surface area contributed by atoms with Crippen LogP contribution in [0.1, 0.15) is 39.6 Å². The summed E-state index contributed by atoms with van der Waals surface area (Å²) >= 11 is 2.05. The lowest BCUT2D eigenvalue weighted by molar-refractivity contribution is 0.0784. The molecule has 1 fully saturated rings. The second-order valence-electron chi connectivity index (χ2n) is 6.38. The number of nitrogens with zero attached hydrogens (tertiary/aromatic N) is 3. The average Bonchev–Trinajstić information content (AvgIpc) is 2.91. The number of piperazine rings is 1. The van der Waals surface area contributed by atoms with Gasteiger partial charge in [0.2, 0.25) is 0 Å². The van der Waals surface area contributed by atoms with Crippen molar-refractivity contribution in [1.82, 2.24) is 19.8 Å². The van der Waals surface area contributed by atoms with Gasteiger partial charge in [-0.05, 0) is 6.54 Å². The maximum atomic E-state index is 4.46. The molecule has 114 valence electrons. The Kier molecular flexibility index (Phi) is 5.52. The van der Waals surface area contributed by atoms with E-state index in [0.717, 1.165) is 25.5 Å². The highest BCUT2D eigenvalue weighted by Crippen LogP contribution is 2.25. The van der Waals surface area contributed by atoms with Gasteiger partial charge in [0, 0.05) is 49.1 Å². The summed E-state index contributed by atoms with van der Waals surface area (Å²) in [6.07, 6.45) is 3.79. The zero-order valence-corrected chi connectivity index (χ0v) is 14.0. The van der Waals surface area contributed by atoms with Crippen molar-refractivity contribution in [2.24, 2.45) is 0 Å². The van der Waals surface area contributed by atoms with Gasteiger partial charge in [0.25, 0.3) is 0 Å². The predicted octanol–water partition coefficient (Wildman–Crippen LogP) is 2.62. The largest absolute Gasteiger partial charge is 0.347 e. The van der Waals surface area contributed by atoms with Crippen LogP contribution < -0.4 is 0 Å². The number of aromatic nitrogens is 2. The summed E-state index contributed by atoms with van der Waals surface area (Å²) in [5.74, 6) is 2.32. The molecule has 2 rings (SSSR count). The highest BCUT2D eigenvalue weighted by atomic mass is 32.2. The van der Waals surface area contributed by atoms with Crippen molar-refractivity contribution in [1.29, 1.82) is 0 Å². The number of likely N-dealkylation sites (N-methyl/N-ethyl adjacent to an activating group) is 1. The van der Waals surface area contributed by atoms with Crippen molar-refractivity contribution in [3.05, 3.63) is 18.2 Å². The molecule has 5 heteroatoms. The maximum absolute atomic E-state index is 4.46. The number of hydrogen-bond acceptors (Lipinski definition) is 4. The van der Waals surface area contributed by atoms with E-state index in [4.69, 9.17) is 0 Å². The van der Waals surface area contributed by atoms with Crippen molar-refractivity contribution in [2.75, 3.05) is 38.5 Å². The van der Waals surface area contributed by atoms with Gasteiger partial charge >= 0.3 is 0 Å². The minimum atomic E-state index is 0.367. The Labute approximate surface area is 127 Å². The summed E-state index contributed by atoms with van der Waals surface area (Å²) in [5, 5.41) is 0. The van der Waals surface area contributed by atoms with E-state index >= 15 is 0 Å². The Bertz CT molecular complexity index is 385. The molecule has 0 aliphatic carbocycles. The molecule has 1 aliphatic rings. The average molecular weight is 296 g/mol. The summed E-state index contributed by atoms with van der Waals surface area (Å²) < 4.78 is 0.367. The Morgan fingerprint density at radius 1 is 1.40 bits per heavy atom. The van der Waals surface area contributed by atoms with E-state index in [1.165, 1.54) is 18.8 Å². The van der Waals surface area contributed by atoms with Gasteiger partial charge in [0.05, 0.1) is 6.04 Å². The van der Waals surface area contributed by atoms with E-state index in [-0.39, 0.29) is 0 Å². The summed E-state index contributed by atoms with van der Waals surface area (Å²) in [4.78, 5) is 12.9. The van der Waals surface area contributed by atoms with Gasteiger partial charge < -0.3 is 4.98 Å². The van der Waals surface area contributed by atoms with E-state index in [9.17, 15) is 0 Å². The molecule has 2 heterocycles. The van der Waals surface area contributed by atoms with E-state index in [1.807, 2.05) is 12.4 Å². The van der Waals surface area contributed by atoms with Crippen LogP contribution in [-0.4, -0.2) is 63.0 Å². The van der Waals surface area contributed by atoms with Crippen molar-refractivity contribution in [3.8, 4) is 0 Å². The summed E-state index contributed by atoms with van der Waals surface area (Å²) in [7, 11) is 0. The fraction of sp³-hybridized carbons (Fsp3) is 0.800. The first-order valence-electron chi connectivity index (χ1n) is 7.59. The van der Waals surface area contributed by atoms with Gasteiger partial charge in [-0.3, -0.25) is 9.80 Å². The zero-order valence-electron chi connectivity index (χ0n) is 13.2. The van der Waals surface area contributed by atoms with Crippen LogP contribution in [0.15, 0.2) is 12.4 Å². The fourth-order valence-corrected chi connectivity index (χ4v) is 3.62. The summed E-state index contributed by atoms with van der Waals surface area (Å²) in [6, 6.07) is 0.420. The number of imidazole rings is 1. The lowest BCUT2D eigenvalue weighted by Gasteiger charge is -2.40. The second kappa shape index (κ2) is 6.96. The molecule has 1 unspecified atom stereocenters. The Hall–Kier alpha value is -0.520. The molecule has 0 bridgehead atoms. The normalized spacial score (nSPS) is 22.3. The van der Waals surface area contributed by atoms with Crippen LogP contribution in [0, 0.1) is 0 Å². The molecular formula is C15H28N4S. The van der Waals surface area contributed by atoms with Crippen LogP contribution in [0.4, 0.5) is 0 Å². The van der Waals surface area contributed by atoms with Gasteiger partial charge in [0.1, 0.15) is 5.82 Å². The molecule has 4 nitrogen and oxygen atoms in total. The fourth-order valence-electron chi connectivity index (χ4n) is 2.66. The highest BCUT2D eigenvalue weighted by Gasteiger charge is 2.28. The lowest BCUT2D eigenvalue weighted by atomic mass is 10.1. The highest BCUT2D eigenvalue weighted by molar-refractivity contribution is 8.00. The molecule has 0 spiro atoms. The molecule has 0 saturated carbocycles. The predicted molar refractivity (Wildman–Crippen MR) is 87.2 cm³/mol. The number of rotatable bonds is 5. The van der Waals surface area contributed by atoms with E-state index in [1.54, 1.807) is 0 Å². The van der Waals surface area contributed by atoms with Crippen molar-refractivity contribution < 1.29 is 0 Å². The Morgan fingerprint density at radius 3 is 2.80 bits per heavy atom. The van der Waals surface area contributed by atoms with E-state index in [2.05, 4.69) is 59.2 Å². The molecule has 1 aromatic rings. The van der Waals surface area contributed by atoms with Gasteiger partial charge in [-0.25, -0.2) is 4.98 Å². The molecule has 0 radical (unpaired) electrons. The number of hydrogen-bond donors (Lipinski definition) is 1. The first-order chi connectivity index (χ1) is 9.49. The minimum Gasteiger partial charge on any atom is -0.347 e. The SMILES string of the molecule is CCN1CCN(CCSC(C)(C)C)CC1c1ncc[nH]1. The third-order valence-corrected chi connectivity index (χ3v) is 5.01. The Balaban J connectivity index is 1.88. The third-order valence-electron chi connectivity index (χ3n) is 3.76. The molecule has 0 aromatic carbocycles. The Morgan fingerprint density at radius 2 is 2.20 bits per heavy atom. The van der Waals surface area contributed by atoms with Gasteiger partial charge in [-0.1, -0.05) is 27.7 Å². The molecule has 0 amide bonds. The van der Waals surface area contributed by atoms with Crippen molar-refractivity contribution >= 4 is 11.8 Å². The number of nitrogens with one attached hydrogen (secondary N) is 1. The van der Waals surface area contributed by atoms with Gasteiger partial charge in [0.15, 0.2) is 0 Å². The first-order valence-corrected chi connectivity index (χ1v) is 8.58. The molecule has 1 saturated heterocycles. The van der Waals surface area contributed by atoms with Crippen LogP contribution in [0.2, 0.25) is 0 Å². The topological polar surface area (TPSA) is 35.2 Å². The third kappa shape index (κ3) is 4.50. The molecule has 20 heavy (non-hydrogen) atoms. The molecule has 1 atom stereocenters. The maximum Gasteiger partial charge on any atom is 0.124 e. The lowest BCUT2D eigenvalue weighted by Crippen LogP contribution is -2.49. The van der Waals surface area contributed by atoms with Gasteiger partial charge in [-0.2, -0.15) is 11.8 Å². The first kappa shape index (κ1) is 15.9. The molecule has 1 aliphatic heterocycles. The van der Waals surface area contributed by atoms with E-state index < -0.39 is 0 Å². The monoisotopic (exact) mass is 296 g/mol. The minimum absolute atomic E-state index is 0.367. The number of aromatic amines is 1. The van der Waals surface area contributed by atoms with Crippen LogP contribution in [-0.2, 0) is 0 Å². The molecular weight excluding hydrogens is 268 g/mol. The zero-order chi connectivity index (χ0) is 14.6. The summed E-state index contributed by atoms with van der Waals surface area (Å²) in [6.45, 7) is 14.8. The summed E-state index contributed by atoms with van der Waals surface area (Å²) in [5.41, 5.74) is 0. The quantitative estimate of drug-likeness (QED) is 0.906. The van der Waals surface area contributed by atoms with Crippen LogP contribution in [0.3, 0.4) is 0 Å². The van der Waals surface area contributed by atoms with Crippen molar-refractivity contribution in [3.63, 3.8) is 0 Å². The smallest absolute Gasteiger partial charge is 0.124 e.